The number of carbonyl (C=O) groups excluding carboxylic acids is 1. The number of unbranched alkanes of at least 4 members (excludes halogenated alkanes) is 15. The second-order valence-corrected chi connectivity index (χ2v) is 11.9. The fourth-order valence-corrected chi connectivity index (χ4v) is 4.75. The first kappa shape index (κ1) is 32.0. The molecule has 0 spiro atoms. The lowest BCUT2D eigenvalue weighted by Gasteiger charge is -2.19. The van der Waals surface area contributed by atoms with Gasteiger partial charge in [0, 0.05) is 6.54 Å². The maximum absolute atomic E-state index is 12.4. The Labute approximate surface area is 233 Å². The van der Waals surface area contributed by atoms with Crippen molar-refractivity contribution in [1.29, 1.82) is 0 Å². The van der Waals surface area contributed by atoms with E-state index in [1.807, 2.05) is 18.2 Å². The van der Waals surface area contributed by atoms with Crippen molar-refractivity contribution in [2.75, 3.05) is 6.54 Å². The summed E-state index contributed by atoms with van der Waals surface area (Å²) in [5.41, 5.74) is 1.39. The molecule has 0 unspecified atom stereocenters. The molecule has 0 bridgehead atoms. The molecule has 0 aliphatic rings. The van der Waals surface area contributed by atoms with E-state index >= 15 is 0 Å². The number of rotatable bonds is 21. The minimum Gasteiger partial charge on any atom is -0.486 e. The Morgan fingerprint density at radius 3 is 1.71 bits per heavy atom. The zero-order valence-electron chi connectivity index (χ0n) is 24.9. The molecule has 38 heavy (non-hydrogen) atoms. The summed E-state index contributed by atoms with van der Waals surface area (Å²) in [5.74, 6) is 1.65. The van der Waals surface area contributed by atoms with Crippen LogP contribution in [0.5, 0.6) is 5.75 Å². The highest BCUT2D eigenvalue weighted by atomic mass is 16.5. The average molecular weight is 526 g/mol. The summed E-state index contributed by atoms with van der Waals surface area (Å²) in [7, 11) is 0. The average Bonchev–Trinajstić information content (AvgIpc) is 3.38. The molecule has 0 saturated heterocycles. The minimum absolute atomic E-state index is 0.119. The molecular weight excluding hydrogens is 470 g/mol. The van der Waals surface area contributed by atoms with E-state index in [4.69, 9.17) is 9.15 Å². The zero-order valence-corrected chi connectivity index (χ0v) is 24.9. The standard InChI is InChI=1S/C34H55NO3/c1-5-6-7-8-9-10-11-12-13-14-15-16-17-18-19-20-27-35-33(36)32-26-25-31(38-32)28-37-30-23-21-29(22-24-30)34(2,3)4/h21-26H,5-20,27-28H2,1-4H3,(H,35,36). The van der Waals surface area contributed by atoms with Gasteiger partial charge in [-0.1, -0.05) is 136 Å². The molecule has 214 valence electrons. The van der Waals surface area contributed by atoms with Crippen LogP contribution in [0.15, 0.2) is 40.8 Å². The number of ether oxygens (including phenoxy) is 1. The van der Waals surface area contributed by atoms with Gasteiger partial charge >= 0.3 is 0 Å². The summed E-state index contributed by atoms with van der Waals surface area (Å²) < 4.78 is 11.5. The Morgan fingerprint density at radius 1 is 0.711 bits per heavy atom. The van der Waals surface area contributed by atoms with Gasteiger partial charge < -0.3 is 14.5 Å². The molecule has 1 amide bonds. The van der Waals surface area contributed by atoms with Crippen molar-refractivity contribution in [2.24, 2.45) is 0 Å². The molecule has 4 nitrogen and oxygen atoms in total. The molecule has 1 heterocycles. The Bertz CT molecular complexity index is 863. The van der Waals surface area contributed by atoms with Gasteiger partial charge in [0.25, 0.3) is 5.91 Å². The lowest BCUT2D eigenvalue weighted by Crippen LogP contribution is -2.23. The number of hydrogen-bond donors (Lipinski definition) is 1. The summed E-state index contributed by atoms with van der Waals surface area (Å²) in [6.45, 7) is 9.87. The topological polar surface area (TPSA) is 51.5 Å². The Kier molecular flexibility index (Phi) is 15.9. The largest absolute Gasteiger partial charge is 0.486 e. The highest BCUT2D eigenvalue weighted by Gasteiger charge is 2.14. The van der Waals surface area contributed by atoms with Crippen molar-refractivity contribution in [3.05, 3.63) is 53.5 Å². The van der Waals surface area contributed by atoms with Gasteiger partial charge in [0.05, 0.1) is 0 Å². The van der Waals surface area contributed by atoms with E-state index in [1.165, 1.54) is 102 Å². The maximum atomic E-state index is 12.4. The van der Waals surface area contributed by atoms with Crippen molar-refractivity contribution in [1.82, 2.24) is 5.32 Å². The highest BCUT2D eigenvalue weighted by Crippen LogP contribution is 2.25. The molecule has 1 N–H and O–H groups in total. The SMILES string of the molecule is CCCCCCCCCCCCCCCCCCNC(=O)c1ccc(COc2ccc(C(C)(C)C)cc2)o1. The third kappa shape index (κ3) is 14.1. The van der Waals surface area contributed by atoms with E-state index in [1.54, 1.807) is 6.07 Å². The monoisotopic (exact) mass is 525 g/mol. The normalized spacial score (nSPS) is 11.6. The zero-order chi connectivity index (χ0) is 27.5. The summed E-state index contributed by atoms with van der Waals surface area (Å²) in [6, 6.07) is 11.7. The molecule has 0 aliphatic carbocycles. The predicted octanol–water partition coefficient (Wildman–Crippen LogP) is 10.1. The smallest absolute Gasteiger partial charge is 0.286 e. The lowest BCUT2D eigenvalue weighted by atomic mass is 9.87. The fourth-order valence-electron chi connectivity index (χ4n) is 4.75. The third-order valence-corrected chi connectivity index (χ3v) is 7.30. The Balaban J connectivity index is 1.43. The lowest BCUT2D eigenvalue weighted by molar-refractivity contribution is 0.0921. The quantitative estimate of drug-likeness (QED) is 0.165. The molecule has 2 aromatic rings. The summed E-state index contributed by atoms with van der Waals surface area (Å²) in [4.78, 5) is 12.4. The van der Waals surface area contributed by atoms with Crippen LogP contribution in [0, 0.1) is 0 Å². The van der Waals surface area contributed by atoms with Crippen molar-refractivity contribution < 1.29 is 13.9 Å². The van der Waals surface area contributed by atoms with Crippen LogP contribution >= 0.6 is 0 Å². The molecule has 0 atom stereocenters. The Hall–Kier alpha value is -2.23. The number of furan rings is 1. The van der Waals surface area contributed by atoms with E-state index in [-0.39, 0.29) is 11.3 Å². The molecule has 2 rings (SSSR count). The van der Waals surface area contributed by atoms with Crippen LogP contribution in [0.4, 0.5) is 0 Å². The van der Waals surface area contributed by atoms with Gasteiger partial charge in [-0.25, -0.2) is 0 Å². The number of benzene rings is 1. The van der Waals surface area contributed by atoms with Crippen LogP contribution in [0.25, 0.3) is 0 Å². The van der Waals surface area contributed by atoms with Crippen molar-refractivity contribution >= 4 is 5.91 Å². The summed E-state index contributed by atoms with van der Waals surface area (Å²) >= 11 is 0. The molecular formula is C34H55NO3. The molecule has 0 radical (unpaired) electrons. The van der Waals surface area contributed by atoms with Gasteiger partial charge in [-0.3, -0.25) is 4.79 Å². The van der Waals surface area contributed by atoms with E-state index in [0.29, 0.717) is 24.7 Å². The van der Waals surface area contributed by atoms with Crippen LogP contribution in [0.2, 0.25) is 0 Å². The molecule has 0 aliphatic heterocycles. The highest BCUT2D eigenvalue weighted by molar-refractivity contribution is 5.91. The first-order chi connectivity index (χ1) is 18.4. The van der Waals surface area contributed by atoms with Gasteiger partial charge in [-0.05, 0) is 41.7 Å². The van der Waals surface area contributed by atoms with Crippen LogP contribution in [-0.2, 0) is 12.0 Å². The fraction of sp³-hybridized carbons (Fsp3) is 0.676. The predicted molar refractivity (Wildman–Crippen MR) is 160 cm³/mol. The number of amides is 1. The van der Waals surface area contributed by atoms with Gasteiger partial charge in [0.1, 0.15) is 18.1 Å². The van der Waals surface area contributed by atoms with Gasteiger partial charge in [0.15, 0.2) is 5.76 Å². The molecule has 1 aromatic carbocycles. The van der Waals surface area contributed by atoms with Gasteiger partial charge in [-0.2, -0.15) is 0 Å². The molecule has 1 aromatic heterocycles. The number of nitrogens with one attached hydrogen (secondary N) is 1. The number of carbonyl (C=O) groups is 1. The van der Waals surface area contributed by atoms with Crippen LogP contribution in [0.3, 0.4) is 0 Å². The van der Waals surface area contributed by atoms with Gasteiger partial charge in [0.2, 0.25) is 0 Å². The van der Waals surface area contributed by atoms with Crippen molar-refractivity contribution in [3.63, 3.8) is 0 Å². The molecule has 0 fully saturated rings. The first-order valence-corrected chi connectivity index (χ1v) is 15.5. The second kappa shape index (κ2) is 18.9. The molecule has 4 heteroatoms. The van der Waals surface area contributed by atoms with E-state index in [0.717, 1.165) is 12.2 Å². The van der Waals surface area contributed by atoms with E-state index in [2.05, 4.69) is 45.1 Å². The van der Waals surface area contributed by atoms with Crippen LogP contribution in [0.1, 0.15) is 152 Å². The van der Waals surface area contributed by atoms with Crippen molar-refractivity contribution in [2.45, 2.75) is 142 Å². The van der Waals surface area contributed by atoms with Crippen molar-refractivity contribution in [3.8, 4) is 5.75 Å². The Morgan fingerprint density at radius 2 is 1.21 bits per heavy atom. The second-order valence-electron chi connectivity index (χ2n) is 11.9. The van der Waals surface area contributed by atoms with Crippen LogP contribution < -0.4 is 10.1 Å². The summed E-state index contributed by atoms with van der Waals surface area (Å²) in [6.07, 6.45) is 21.6. The third-order valence-electron chi connectivity index (χ3n) is 7.30. The number of hydrogen-bond acceptors (Lipinski definition) is 3. The minimum atomic E-state index is -0.147. The first-order valence-electron chi connectivity index (χ1n) is 15.5. The molecule has 0 saturated carbocycles. The van der Waals surface area contributed by atoms with Gasteiger partial charge in [-0.15, -0.1) is 0 Å². The summed E-state index contributed by atoms with van der Waals surface area (Å²) in [5, 5.41) is 2.98. The van der Waals surface area contributed by atoms with Crippen LogP contribution in [-0.4, -0.2) is 12.5 Å². The van der Waals surface area contributed by atoms with E-state index in [9.17, 15) is 4.79 Å². The maximum Gasteiger partial charge on any atom is 0.286 e. The van der Waals surface area contributed by atoms with E-state index < -0.39 is 0 Å².